The van der Waals surface area contributed by atoms with Crippen LogP contribution < -0.4 is 4.90 Å². The summed E-state index contributed by atoms with van der Waals surface area (Å²) in [7, 11) is 0. The molecule has 0 spiro atoms. The molecule has 0 aromatic carbocycles. The van der Waals surface area contributed by atoms with Gasteiger partial charge in [0.25, 0.3) is 5.95 Å². The lowest BCUT2D eigenvalue weighted by Crippen LogP contribution is -2.24. The summed E-state index contributed by atoms with van der Waals surface area (Å²) in [4.78, 5) is 13.9. The molecule has 2 aromatic rings. The summed E-state index contributed by atoms with van der Waals surface area (Å²) >= 11 is 5.86. The van der Waals surface area contributed by atoms with Crippen molar-refractivity contribution in [1.82, 2.24) is 24.7 Å². The number of nitrogens with zero attached hydrogens (tertiary/aromatic N) is 6. The average Bonchev–Trinajstić information content (AvgIpc) is 3.00. The van der Waals surface area contributed by atoms with E-state index < -0.39 is 12.2 Å². The molecule has 0 amide bonds. The summed E-state index contributed by atoms with van der Waals surface area (Å²) in [6.45, 7) is 0.500. The second kappa shape index (κ2) is 4.72. The van der Waals surface area contributed by atoms with Gasteiger partial charge in [-0.3, -0.25) is 0 Å². The number of β-amino-alcohol motifs (C(OH)–C–C–N with tert-alkyl or cyclic N) is 2. The van der Waals surface area contributed by atoms with E-state index in [1.807, 2.05) is 0 Å². The zero-order chi connectivity index (χ0) is 13.4. The topological polar surface area (TPSA) is 100 Å². The van der Waals surface area contributed by atoms with Crippen LogP contribution in [0.15, 0.2) is 18.5 Å². The zero-order valence-corrected chi connectivity index (χ0v) is 10.5. The van der Waals surface area contributed by atoms with Crippen LogP contribution in [0.1, 0.15) is 0 Å². The number of anilines is 1. The normalized spacial score (nSPS) is 23.0. The van der Waals surface area contributed by atoms with E-state index in [2.05, 4.69) is 20.1 Å². The van der Waals surface area contributed by atoms with Gasteiger partial charge >= 0.3 is 0 Å². The second-order valence-corrected chi connectivity index (χ2v) is 4.53. The van der Waals surface area contributed by atoms with Crippen molar-refractivity contribution in [2.45, 2.75) is 12.2 Å². The lowest BCUT2D eigenvalue weighted by Gasteiger charge is -2.15. The first-order chi connectivity index (χ1) is 9.13. The molecule has 3 rings (SSSR count). The highest BCUT2D eigenvalue weighted by molar-refractivity contribution is 6.28. The molecule has 2 unspecified atom stereocenters. The van der Waals surface area contributed by atoms with Crippen molar-refractivity contribution in [3.63, 3.8) is 0 Å². The summed E-state index contributed by atoms with van der Waals surface area (Å²) in [5, 5.41) is 23.1. The Morgan fingerprint density at radius 1 is 1.11 bits per heavy atom. The molecule has 0 radical (unpaired) electrons. The minimum Gasteiger partial charge on any atom is -0.388 e. The summed E-state index contributed by atoms with van der Waals surface area (Å²) in [5.74, 6) is 0.594. The molecule has 9 heteroatoms. The molecule has 2 atom stereocenters. The Hall–Kier alpha value is -1.77. The van der Waals surface area contributed by atoms with Crippen LogP contribution in [0, 0.1) is 0 Å². The average molecular weight is 283 g/mol. The number of hydrogen-bond acceptors (Lipinski definition) is 7. The van der Waals surface area contributed by atoms with Gasteiger partial charge < -0.3 is 15.1 Å². The van der Waals surface area contributed by atoms with Gasteiger partial charge in [-0.15, -0.1) is 0 Å². The van der Waals surface area contributed by atoms with E-state index in [1.165, 1.54) is 4.68 Å². The van der Waals surface area contributed by atoms with Gasteiger partial charge in [0.2, 0.25) is 11.2 Å². The largest absolute Gasteiger partial charge is 0.388 e. The van der Waals surface area contributed by atoms with Crippen LogP contribution in [0.25, 0.3) is 5.95 Å². The van der Waals surface area contributed by atoms with E-state index in [1.54, 1.807) is 23.4 Å². The fraction of sp³-hybridized carbons (Fsp3) is 0.400. The predicted octanol–water partition coefficient (Wildman–Crippen LogP) is -0.748. The monoisotopic (exact) mass is 282 g/mol. The van der Waals surface area contributed by atoms with Crippen LogP contribution in [0.4, 0.5) is 5.95 Å². The Labute approximate surface area is 113 Å². The van der Waals surface area contributed by atoms with Crippen molar-refractivity contribution >= 4 is 17.5 Å². The maximum absolute atomic E-state index is 9.54. The Morgan fingerprint density at radius 3 is 2.42 bits per heavy atom. The van der Waals surface area contributed by atoms with Gasteiger partial charge in [0.05, 0.1) is 12.2 Å². The molecule has 0 bridgehead atoms. The molecule has 19 heavy (non-hydrogen) atoms. The van der Waals surface area contributed by atoms with Crippen LogP contribution in [0.3, 0.4) is 0 Å². The van der Waals surface area contributed by atoms with Crippen molar-refractivity contribution in [2.24, 2.45) is 0 Å². The second-order valence-electron chi connectivity index (χ2n) is 4.19. The number of aliphatic hydroxyl groups excluding tert-OH is 2. The van der Waals surface area contributed by atoms with Crippen molar-refractivity contribution in [3.05, 3.63) is 23.7 Å². The lowest BCUT2D eigenvalue weighted by atomic mass is 10.3. The first-order valence-electron chi connectivity index (χ1n) is 5.66. The third-order valence-electron chi connectivity index (χ3n) is 2.84. The lowest BCUT2D eigenvalue weighted by molar-refractivity contribution is 0.0572. The maximum atomic E-state index is 9.54. The van der Waals surface area contributed by atoms with Crippen LogP contribution in [0.2, 0.25) is 5.28 Å². The molecule has 3 heterocycles. The molecule has 0 aliphatic carbocycles. The molecule has 100 valence electrons. The van der Waals surface area contributed by atoms with Gasteiger partial charge in [-0.25, -0.2) is 4.68 Å². The van der Waals surface area contributed by atoms with Gasteiger partial charge in [-0.2, -0.15) is 20.1 Å². The number of aromatic nitrogens is 5. The van der Waals surface area contributed by atoms with Crippen molar-refractivity contribution in [3.8, 4) is 5.95 Å². The van der Waals surface area contributed by atoms with E-state index >= 15 is 0 Å². The first-order valence-corrected chi connectivity index (χ1v) is 6.04. The fourth-order valence-electron chi connectivity index (χ4n) is 1.89. The van der Waals surface area contributed by atoms with Crippen molar-refractivity contribution < 1.29 is 10.2 Å². The number of hydrogen-bond donors (Lipinski definition) is 2. The molecule has 0 saturated carbocycles. The minimum absolute atomic E-state index is 0.0337. The number of halogens is 1. The summed E-state index contributed by atoms with van der Waals surface area (Å²) in [6, 6.07) is 1.74. The quantitative estimate of drug-likeness (QED) is 0.748. The van der Waals surface area contributed by atoms with E-state index in [0.29, 0.717) is 5.95 Å². The zero-order valence-electron chi connectivity index (χ0n) is 9.76. The molecular weight excluding hydrogens is 272 g/mol. The smallest absolute Gasteiger partial charge is 0.256 e. The van der Waals surface area contributed by atoms with Crippen LogP contribution in [0.5, 0.6) is 0 Å². The highest BCUT2D eigenvalue weighted by Gasteiger charge is 2.31. The molecule has 1 fully saturated rings. The summed E-state index contributed by atoms with van der Waals surface area (Å²) < 4.78 is 1.46. The minimum atomic E-state index is -0.816. The van der Waals surface area contributed by atoms with Crippen LogP contribution in [-0.4, -0.2) is 60.2 Å². The molecule has 1 saturated heterocycles. The van der Waals surface area contributed by atoms with Gasteiger partial charge in [0.1, 0.15) is 0 Å². The van der Waals surface area contributed by atoms with E-state index in [4.69, 9.17) is 11.6 Å². The van der Waals surface area contributed by atoms with Gasteiger partial charge in [-0.1, -0.05) is 0 Å². The predicted molar refractivity (Wildman–Crippen MR) is 66.2 cm³/mol. The Balaban J connectivity index is 1.95. The van der Waals surface area contributed by atoms with E-state index in [9.17, 15) is 10.2 Å². The third kappa shape index (κ3) is 2.37. The molecule has 2 N–H and O–H groups in total. The maximum Gasteiger partial charge on any atom is 0.256 e. The van der Waals surface area contributed by atoms with E-state index in [0.717, 1.165) is 0 Å². The molecule has 1 aliphatic heterocycles. The van der Waals surface area contributed by atoms with Crippen molar-refractivity contribution in [2.75, 3.05) is 18.0 Å². The van der Waals surface area contributed by atoms with Crippen LogP contribution in [-0.2, 0) is 0 Å². The Bertz CT molecular complexity index is 567. The summed E-state index contributed by atoms with van der Waals surface area (Å²) in [6.07, 6.45) is 1.65. The number of rotatable bonds is 2. The third-order valence-corrected chi connectivity index (χ3v) is 3.00. The van der Waals surface area contributed by atoms with Gasteiger partial charge in [0.15, 0.2) is 0 Å². The Kier molecular flexibility index (Phi) is 3.05. The molecular formula is C10H11ClN6O2. The molecule has 1 aliphatic rings. The standard InChI is InChI=1S/C10H11ClN6O2/c11-8-13-9(16-4-6(18)7(19)5-16)15-10(14-8)17-3-1-2-12-17/h1-3,6-7,18-19H,4-5H2. The SMILES string of the molecule is OC1CN(c2nc(Cl)nc(-n3cccn3)n2)CC1O. The van der Waals surface area contributed by atoms with E-state index in [-0.39, 0.29) is 24.3 Å². The van der Waals surface area contributed by atoms with Crippen LogP contribution >= 0.6 is 11.6 Å². The highest BCUT2D eigenvalue weighted by Crippen LogP contribution is 2.18. The fourth-order valence-corrected chi connectivity index (χ4v) is 2.04. The van der Waals surface area contributed by atoms with Gasteiger partial charge in [0, 0.05) is 25.5 Å². The first kappa shape index (κ1) is 12.3. The van der Waals surface area contributed by atoms with Gasteiger partial charge in [-0.05, 0) is 17.7 Å². The Morgan fingerprint density at radius 2 is 1.79 bits per heavy atom. The highest BCUT2D eigenvalue weighted by atomic mass is 35.5. The molecule has 8 nitrogen and oxygen atoms in total. The van der Waals surface area contributed by atoms with Crippen molar-refractivity contribution in [1.29, 1.82) is 0 Å². The summed E-state index contributed by atoms with van der Waals surface area (Å²) in [5.41, 5.74) is 0. The number of aliphatic hydroxyl groups is 2. The molecule has 2 aromatic heterocycles.